The summed E-state index contributed by atoms with van der Waals surface area (Å²) in [6.45, 7) is 3.81. The van der Waals surface area contributed by atoms with Gasteiger partial charge in [-0.05, 0) is 32.4 Å². The van der Waals surface area contributed by atoms with Gasteiger partial charge in [0, 0.05) is 18.2 Å². The lowest BCUT2D eigenvalue weighted by Gasteiger charge is -2.23. The monoisotopic (exact) mass is 302 g/mol. The smallest absolute Gasteiger partial charge is 0.165 e. The van der Waals surface area contributed by atoms with E-state index in [2.05, 4.69) is 16.1 Å². The van der Waals surface area contributed by atoms with Gasteiger partial charge in [-0.2, -0.15) is 0 Å². The van der Waals surface area contributed by atoms with Crippen LogP contribution in [-0.4, -0.2) is 30.8 Å². The van der Waals surface area contributed by atoms with E-state index >= 15 is 0 Å². The van der Waals surface area contributed by atoms with Gasteiger partial charge in [0.05, 0.1) is 26.0 Å². The molecule has 1 fully saturated rings. The van der Waals surface area contributed by atoms with E-state index < -0.39 is 0 Å². The van der Waals surface area contributed by atoms with Crippen molar-refractivity contribution in [1.29, 1.82) is 0 Å². The normalized spacial score (nSPS) is 18.6. The molecule has 1 aromatic carbocycles. The Bertz CT molecular complexity index is 639. The van der Waals surface area contributed by atoms with Gasteiger partial charge in [0.1, 0.15) is 0 Å². The number of methoxy groups -OCH3 is 2. The highest BCUT2D eigenvalue weighted by atomic mass is 16.5. The van der Waals surface area contributed by atoms with E-state index in [0.29, 0.717) is 0 Å². The molecule has 0 aliphatic carbocycles. The van der Waals surface area contributed by atoms with E-state index in [1.54, 1.807) is 14.2 Å². The fourth-order valence-electron chi connectivity index (χ4n) is 3.17. The Hall–Kier alpha value is -2.01. The van der Waals surface area contributed by atoms with Gasteiger partial charge >= 0.3 is 0 Å². The molecule has 0 radical (unpaired) electrons. The van der Waals surface area contributed by atoms with Crippen molar-refractivity contribution in [2.24, 2.45) is 0 Å². The third-order valence-electron chi connectivity index (χ3n) is 4.20. The number of nitrogens with zero attached hydrogens (tertiary/aromatic N) is 2. The van der Waals surface area contributed by atoms with Gasteiger partial charge in [0.25, 0.3) is 0 Å². The van der Waals surface area contributed by atoms with Crippen LogP contribution in [-0.2, 0) is 6.54 Å². The minimum Gasteiger partial charge on any atom is -0.493 e. The first-order valence-corrected chi connectivity index (χ1v) is 7.60. The molecule has 5 nitrogen and oxygen atoms in total. The molecule has 0 saturated carbocycles. The minimum absolute atomic E-state index is 0.289. The maximum Gasteiger partial charge on any atom is 0.165 e. The highest BCUT2D eigenvalue weighted by molar-refractivity contribution is 5.46. The van der Waals surface area contributed by atoms with Crippen molar-refractivity contribution in [1.82, 2.24) is 10.1 Å². The molecule has 1 aromatic heterocycles. The zero-order valence-corrected chi connectivity index (χ0v) is 13.3. The second-order valence-corrected chi connectivity index (χ2v) is 5.65. The van der Waals surface area contributed by atoms with Crippen LogP contribution in [0.1, 0.15) is 35.9 Å². The first-order chi connectivity index (χ1) is 10.7. The molecule has 2 heterocycles. The maximum absolute atomic E-state index is 5.54. The minimum atomic E-state index is 0.289. The molecule has 0 N–H and O–H groups in total. The van der Waals surface area contributed by atoms with Crippen molar-refractivity contribution in [3.8, 4) is 11.5 Å². The SMILES string of the molecule is COc1cccc(CN2CCCC2c2cc(C)no2)c1OC. The summed E-state index contributed by atoms with van der Waals surface area (Å²) >= 11 is 0. The number of likely N-dealkylation sites (tertiary alicyclic amines) is 1. The molecular formula is C17H22N2O3. The molecule has 3 rings (SSSR count). The van der Waals surface area contributed by atoms with Gasteiger partial charge in [-0.1, -0.05) is 17.3 Å². The van der Waals surface area contributed by atoms with Crippen LogP contribution in [0.15, 0.2) is 28.8 Å². The van der Waals surface area contributed by atoms with Crippen molar-refractivity contribution < 1.29 is 14.0 Å². The van der Waals surface area contributed by atoms with Crippen LogP contribution in [0.3, 0.4) is 0 Å². The van der Waals surface area contributed by atoms with Gasteiger partial charge in [0.15, 0.2) is 17.3 Å². The predicted octanol–water partition coefficient (Wildman–Crippen LogP) is 3.34. The molecular weight excluding hydrogens is 280 g/mol. The summed E-state index contributed by atoms with van der Waals surface area (Å²) in [7, 11) is 3.35. The van der Waals surface area contributed by atoms with Gasteiger partial charge in [-0.25, -0.2) is 0 Å². The average molecular weight is 302 g/mol. The highest BCUT2D eigenvalue weighted by Crippen LogP contribution is 2.37. The van der Waals surface area contributed by atoms with E-state index in [0.717, 1.165) is 54.4 Å². The van der Waals surface area contributed by atoms with Crippen molar-refractivity contribution in [2.75, 3.05) is 20.8 Å². The van der Waals surface area contributed by atoms with Gasteiger partial charge in [0.2, 0.25) is 0 Å². The fraction of sp³-hybridized carbons (Fsp3) is 0.471. The van der Waals surface area contributed by atoms with Crippen LogP contribution in [0, 0.1) is 6.92 Å². The summed E-state index contributed by atoms with van der Waals surface area (Å²) in [4.78, 5) is 2.41. The Morgan fingerprint density at radius 3 is 2.86 bits per heavy atom. The van der Waals surface area contributed by atoms with Crippen LogP contribution in [0.25, 0.3) is 0 Å². The summed E-state index contributed by atoms with van der Waals surface area (Å²) in [5.41, 5.74) is 2.06. The lowest BCUT2D eigenvalue weighted by Crippen LogP contribution is -2.22. The number of rotatable bonds is 5. The van der Waals surface area contributed by atoms with Gasteiger partial charge < -0.3 is 14.0 Å². The third kappa shape index (κ3) is 2.81. The Morgan fingerprint density at radius 1 is 1.32 bits per heavy atom. The van der Waals surface area contributed by atoms with Gasteiger partial charge in [-0.3, -0.25) is 4.90 Å². The van der Waals surface area contributed by atoms with Crippen LogP contribution in [0.2, 0.25) is 0 Å². The summed E-state index contributed by atoms with van der Waals surface area (Å²) in [6, 6.07) is 8.33. The van der Waals surface area contributed by atoms with E-state index in [4.69, 9.17) is 14.0 Å². The summed E-state index contributed by atoms with van der Waals surface area (Å²) in [5.74, 6) is 2.53. The summed E-state index contributed by atoms with van der Waals surface area (Å²) in [5, 5.41) is 4.02. The topological polar surface area (TPSA) is 47.7 Å². The number of para-hydroxylation sites is 1. The second-order valence-electron chi connectivity index (χ2n) is 5.65. The molecule has 1 aliphatic heterocycles. The number of ether oxygens (including phenoxy) is 2. The fourth-order valence-corrected chi connectivity index (χ4v) is 3.17. The van der Waals surface area contributed by atoms with Gasteiger partial charge in [-0.15, -0.1) is 0 Å². The lowest BCUT2D eigenvalue weighted by atomic mass is 10.1. The molecule has 0 bridgehead atoms. The van der Waals surface area contributed by atoms with Crippen molar-refractivity contribution in [3.05, 3.63) is 41.3 Å². The van der Waals surface area contributed by atoms with E-state index in [9.17, 15) is 0 Å². The first-order valence-electron chi connectivity index (χ1n) is 7.60. The number of hydrogen-bond acceptors (Lipinski definition) is 5. The zero-order valence-electron chi connectivity index (χ0n) is 13.3. The van der Waals surface area contributed by atoms with E-state index in [1.165, 1.54) is 0 Å². The molecule has 5 heteroatoms. The Kier molecular flexibility index (Phi) is 4.34. The second kappa shape index (κ2) is 6.40. The molecule has 0 spiro atoms. The van der Waals surface area contributed by atoms with E-state index in [1.807, 2.05) is 25.1 Å². The third-order valence-corrected chi connectivity index (χ3v) is 4.20. The molecule has 118 valence electrons. The zero-order chi connectivity index (χ0) is 15.5. The maximum atomic E-state index is 5.54. The summed E-state index contributed by atoms with van der Waals surface area (Å²) in [6.07, 6.45) is 2.26. The van der Waals surface area contributed by atoms with Crippen molar-refractivity contribution in [3.63, 3.8) is 0 Å². The number of benzene rings is 1. The van der Waals surface area contributed by atoms with Crippen LogP contribution in [0.4, 0.5) is 0 Å². The molecule has 0 amide bonds. The predicted molar refractivity (Wildman–Crippen MR) is 83.2 cm³/mol. The molecule has 1 saturated heterocycles. The van der Waals surface area contributed by atoms with Crippen LogP contribution < -0.4 is 9.47 Å². The van der Waals surface area contributed by atoms with Crippen LogP contribution >= 0.6 is 0 Å². The molecule has 22 heavy (non-hydrogen) atoms. The quantitative estimate of drug-likeness (QED) is 0.848. The molecule has 1 aliphatic rings. The standard InChI is InChI=1S/C17H22N2O3/c1-12-10-16(22-18-12)14-7-5-9-19(14)11-13-6-4-8-15(20-2)17(13)21-3/h4,6,8,10,14H,5,7,9,11H2,1-3H3. The highest BCUT2D eigenvalue weighted by Gasteiger charge is 2.29. The molecule has 1 unspecified atom stereocenters. The Morgan fingerprint density at radius 2 is 2.18 bits per heavy atom. The van der Waals surface area contributed by atoms with E-state index in [-0.39, 0.29) is 6.04 Å². The number of aromatic nitrogens is 1. The Labute approximate surface area is 130 Å². The average Bonchev–Trinajstić information content (AvgIpc) is 3.15. The number of aryl methyl sites for hydroxylation is 1. The largest absolute Gasteiger partial charge is 0.493 e. The molecule has 1 atom stereocenters. The number of hydrogen-bond donors (Lipinski definition) is 0. The molecule has 2 aromatic rings. The van der Waals surface area contributed by atoms with Crippen LogP contribution in [0.5, 0.6) is 11.5 Å². The van der Waals surface area contributed by atoms with Crippen molar-refractivity contribution >= 4 is 0 Å². The van der Waals surface area contributed by atoms with Crippen molar-refractivity contribution in [2.45, 2.75) is 32.4 Å². The Balaban J connectivity index is 1.83. The lowest BCUT2D eigenvalue weighted by molar-refractivity contribution is 0.204. The first kappa shape index (κ1) is 14.9. The summed E-state index contributed by atoms with van der Waals surface area (Å²) < 4.78 is 16.4.